The first-order chi connectivity index (χ1) is 10.4. The molecule has 0 aromatic heterocycles. The normalized spacial score (nSPS) is 19.8. The summed E-state index contributed by atoms with van der Waals surface area (Å²) in [5.41, 5.74) is 3.05. The van der Waals surface area contributed by atoms with Crippen molar-refractivity contribution >= 4 is 28.7 Å². The van der Waals surface area contributed by atoms with Gasteiger partial charge in [0.15, 0.2) is 0 Å². The number of rotatable bonds is 1. The molecule has 0 aliphatic carbocycles. The number of likely N-dealkylation sites (N-methyl/N-ethyl adjacent to an activating group) is 1. The van der Waals surface area contributed by atoms with E-state index >= 15 is 0 Å². The molecular formula is C15H21ClN4O2. The van der Waals surface area contributed by atoms with Crippen molar-refractivity contribution in [2.75, 3.05) is 48.3 Å². The Morgan fingerprint density at radius 2 is 1.36 bits per heavy atom. The molecule has 0 atom stereocenters. The highest BCUT2D eigenvalue weighted by molar-refractivity contribution is 6.33. The van der Waals surface area contributed by atoms with Gasteiger partial charge in [-0.05, 0) is 33.0 Å². The molecule has 1 fully saturated rings. The van der Waals surface area contributed by atoms with Crippen molar-refractivity contribution in [2.45, 2.75) is 13.8 Å². The van der Waals surface area contributed by atoms with Crippen molar-refractivity contribution in [3.8, 4) is 0 Å². The van der Waals surface area contributed by atoms with Crippen molar-refractivity contribution in [3.05, 3.63) is 28.5 Å². The molecule has 6 nitrogen and oxygen atoms in total. The molecule has 0 spiro atoms. The Balaban J connectivity index is 2.01. The highest BCUT2D eigenvalue weighted by Gasteiger charge is 2.28. The first-order valence-corrected chi connectivity index (χ1v) is 7.70. The minimum Gasteiger partial charge on any atom is -0.368 e. The first-order valence-electron chi connectivity index (χ1n) is 7.32. The summed E-state index contributed by atoms with van der Waals surface area (Å²) in [6.45, 7) is 7.21. The Bertz CT molecular complexity index is 626. The topological polar surface area (TPSA) is 53.4 Å². The summed E-state index contributed by atoms with van der Waals surface area (Å²) in [4.78, 5) is 4.48. The number of hydroxylamine groups is 2. The third kappa shape index (κ3) is 2.42. The van der Waals surface area contributed by atoms with Crippen LogP contribution in [0, 0.1) is 0 Å². The maximum absolute atomic E-state index is 10.3. The second kappa shape index (κ2) is 5.62. The van der Waals surface area contributed by atoms with E-state index in [0.717, 1.165) is 42.0 Å². The van der Waals surface area contributed by atoms with Gasteiger partial charge in [0, 0.05) is 26.2 Å². The average molecular weight is 325 g/mol. The molecular weight excluding hydrogens is 304 g/mol. The lowest BCUT2D eigenvalue weighted by Crippen LogP contribution is -2.44. The van der Waals surface area contributed by atoms with Crippen LogP contribution >= 0.6 is 11.6 Å². The molecule has 0 bridgehead atoms. The van der Waals surface area contributed by atoms with Gasteiger partial charge < -0.3 is 9.80 Å². The summed E-state index contributed by atoms with van der Waals surface area (Å²) in [6, 6.07) is 3.53. The van der Waals surface area contributed by atoms with Crippen LogP contribution in [-0.4, -0.2) is 48.5 Å². The van der Waals surface area contributed by atoms with E-state index in [9.17, 15) is 10.4 Å². The van der Waals surface area contributed by atoms with Crippen LogP contribution in [0.25, 0.3) is 0 Å². The van der Waals surface area contributed by atoms with Crippen LogP contribution in [0.5, 0.6) is 0 Å². The third-order valence-corrected chi connectivity index (χ3v) is 4.81. The van der Waals surface area contributed by atoms with Crippen molar-refractivity contribution in [1.29, 1.82) is 0 Å². The molecule has 0 amide bonds. The molecule has 2 aliphatic rings. The summed E-state index contributed by atoms with van der Waals surface area (Å²) >= 11 is 6.42. The van der Waals surface area contributed by atoms with Gasteiger partial charge in [-0.2, -0.15) is 0 Å². The van der Waals surface area contributed by atoms with Crippen molar-refractivity contribution in [3.63, 3.8) is 0 Å². The lowest BCUT2D eigenvalue weighted by Gasteiger charge is -2.37. The smallest absolute Gasteiger partial charge is 0.0972 e. The van der Waals surface area contributed by atoms with Crippen molar-refractivity contribution in [2.24, 2.45) is 0 Å². The lowest BCUT2D eigenvalue weighted by molar-refractivity contribution is 0.248. The van der Waals surface area contributed by atoms with Gasteiger partial charge in [0.1, 0.15) is 0 Å². The molecule has 1 aromatic rings. The van der Waals surface area contributed by atoms with Gasteiger partial charge in [-0.25, -0.2) is 10.1 Å². The van der Waals surface area contributed by atoms with Crippen molar-refractivity contribution < 1.29 is 10.4 Å². The van der Waals surface area contributed by atoms with E-state index in [1.54, 1.807) is 19.9 Å². The zero-order valence-electron chi connectivity index (χ0n) is 13.0. The van der Waals surface area contributed by atoms with Gasteiger partial charge in [-0.3, -0.25) is 10.4 Å². The molecule has 2 N–H and O–H groups in total. The van der Waals surface area contributed by atoms with Crippen molar-refractivity contribution in [1.82, 2.24) is 4.90 Å². The number of nitrogens with zero attached hydrogens (tertiary/aromatic N) is 4. The predicted molar refractivity (Wildman–Crippen MR) is 88.1 cm³/mol. The molecule has 22 heavy (non-hydrogen) atoms. The number of allylic oxidation sites excluding steroid dienone is 2. The summed E-state index contributed by atoms with van der Waals surface area (Å²) in [5.74, 6) is 0. The molecule has 7 heteroatoms. The average Bonchev–Trinajstić information content (AvgIpc) is 2.51. The van der Waals surface area contributed by atoms with Crippen LogP contribution in [0.15, 0.2) is 23.5 Å². The van der Waals surface area contributed by atoms with Crippen LogP contribution in [0.2, 0.25) is 5.02 Å². The number of anilines is 3. The molecule has 2 heterocycles. The Kier molecular flexibility index (Phi) is 3.94. The first kappa shape index (κ1) is 15.4. The second-order valence-corrected chi connectivity index (χ2v) is 6.28. The molecule has 0 saturated carbocycles. The molecule has 1 aromatic carbocycles. The van der Waals surface area contributed by atoms with E-state index < -0.39 is 0 Å². The maximum Gasteiger partial charge on any atom is 0.0972 e. The van der Waals surface area contributed by atoms with Gasteiger partial charge in [0.25, 0.3) is 0 Å². The van der Waals surface area contributed by atoms with Gasteiger partial charge in [-0.15, -0.1) is 0 Å². The SMILES string of the molecule is CC1=C(C)N(O)c2cc(N3CCN(C)CC3)c(Cl)cc2N1O. The molecule has 0 unspecified atom stereocenters. The van der Waals surface area contributed by atoms with Crippen LogP contribution in [0.4, 0.5) is 17.1 Å². The molecule has 1 saturated heterocycles. The van der Waals surface area contributed by atoms with Gasteiger partial charge in [0.05, 0.1) is 33.5 Å². The van der Waals surface area contributed by atoms with E-state index in [4.69, 9.17) is 11.6 Å². The number of piperazine rings is 1. The monoisotopic (exact) mass is 324 g/mol. The Hall–Kier alpha value is -1.47. The Labute approximate surface area is 135 Å². The fourth-order valence-electron chi connectivity index (χ4n) is 2.84. The Morgan fingerprint density at radius 1 is 0.864 bits per heavy atom. The summed E-state index contributed by atoms with van der Waals surface area (Å²) in [5, 5.41) is 23.3. The van der Waals surface area contributed by atoms with E-state index in [0.29, 0.717) is 27.8 Å². The molecule has 2 aliphatic heterocycles. The second-order valence-electron chi connectivity index (χ2n) is 5.88. The molecule has 3 rings (SSSR count). The lowest BCUT2D eigenvalue weighted by atomic mass is 10.1. The number of fused-ring (bicyclic) bond motifs is 1. The molecule has 120 valence electrons. The highest BCUT2D eigenvalue weighted by Crippen LogP contribution is 2.43. The third-order valence-electron chi connectivity index (χ3n) is 4.50. The van der Waals surface area contributed by atoms with Crippen LogP contribution < -0.4 is 15.0 Å². The fraction of sp³-hybridized carbons (Fsp3) is 0.467. The van der Waals surface area contributed by atoms with Gasteiger partial charge >= 0.3 is 0 Å². The standard InChI is InChI=1S/C15H21ClN4O2/c1-10-11(2)20(22)15-9-13(12(16)8-14(15)19(10)21)18-6-4-17(3)5-7-18/h8-9,21-22H,4-7H2,1-3H3. The number of halogens is 1. The molecule has 0 radical (unpaired) electrons. The summed E-state index contributed by atoms with van der Waals surface area (Å²) in [7, 11) is 2.10. The summed E-state index contributed by atoms with van der Waals surface area (Å²) < 4.78 is 0. The van der Waals surface area contributed by atoms with Crippen LogP contribution in [0.3, 0.4) is 0 Å². The van der Waals surface area contributed by atoms with Crippen LogP contribution in [-0.2, 0) is 0 Å². The minimum atomic E-state index is 0.480. The van der Waals surface area contributed by atoms with E-state index in [1.165, 1.54) is 0 Å². The van der Waals surface area contributed by atoms with Gasteiger partial charge in [-0.1, -0.05) is 11.6 Å². The fourth-order valence-corrected chi connectivity index (χ4v) is 3.11. The van der Waals surface area contributed by atoms with E-state index in [2.05, 4.69) is 16.8 Å². The number of hydrogen-bond donors (Lipinski definition) is 2. The van der Waals surface area contributed by atoms with E-state index in [-0.39, 0.29) is 0 Å². The number of benzene rings is 1. The quantitative estimate of drug-likeness (QED) is 0.828. The van der Waals surface area contributed by atoms with Crippen LogP contribution in [0.1, 0.15) is 13.8 Å². The summed E-state index contributed by atoms with van der Waals surface area (Å²) in [6.07, 6.45) is 0. The zero-order chi connectivity index (χ0) is 16.0. The van der Waals surface area contributed by atoms with Gasteiger partial charge in [0.2, 0.25) is 0 Å². The maximum atomic E-state index is 10.3. The zero-order valence-corrected chi connectivity index (χ0v) is 13.8. The number of hydrogen-bond acceptors (Lipinski definition) is 6. The highest BCUT2D eigenvalue weighted by atomic mass is 35.5. The van der Waals surface area contributed by atoms with E-state index in [1.807, 2.05) is 6.07 Å². The minimum absolute atomic E-state index is 0.480. The largest absolute Gasteiger partial charge is 0.368 e. The Morgan fingerprint density at radius 3 is 1.91 bits per heavy atom. The predicted octanol–water partition coefficient (Wildman–Crippen LogP) is 2.75.